The molecule has 114 valence electrons. The Morgan fingerprint density at radius 1 is 1.43 bits per heavy atom. The quantitative estimate of drug-likeness (QED) is 0.688. The summed E-state index contributed by atoms with van der Waals surface area (Å²) < 4.78 is 32.2. The number of rotatable bonds is 7. The lowest BCUT2D eigenvalue weighted by Gasteiger charge is -2.11. The predicted octanol–water partition coefficient (Wildman–Crippen LogP) is 0.432. The molecule has 7 nitrogen and oxygen atoms in total. The van der Waals surface area contributed by atoms with Crippen molar-refractivity contribution in [1.82, 2.24) is 14.7 Å². The molecule has 0 fully saturated rings. The number of sulfonamides is 1. The van der Waals surface area contributed by atoms with Crippen molar-refractivity contribution in [3.05, 3.63) is 42.0 Å². The van der Waals surface area contributed by atoms with Gasteiger partial charge in [0.2, 0.25) is 10.0 Å². The molecular formula is C13H17N3O4S. The Labute approximate surface area is 123 Å². The van der Waals surface area contributed by atoms with Crippen LogP contribution in [0.4, 0.5) is 0 Å². The monoisotopic (exact) mass is 311 g/mol. The van der Waals surface area contributed by atoms with E-state index in [1.54, 1.807) is 12.3 Å². The lowest BCUT2D eigenvalue weighted by atomic mass is 10.2. The predicted molar refractivity (Wildman–Crippen MR) is 76.4 cm³/mol. The Bertz CT molecular complexity index is 683. The molecule has 0 aliphatic heterocycles. The Morgan fingerprint density at radius 2 is 2.24 bits per heavy atom. The van der Waals surface area contributed by atoms with E-state index in [1.165, 1.54) is 25.6 Å². The summed E-state index contributed by atoms with van der Waals surface area (Å²) >= 11 is 0. The molecular weight excluding hydrogens is 294 g/mol. The van der Waals surface area contributed by atoms with E-state index in [9.17, 15) is 8.42 Å². The second-order valence-electron chi connectivity index (χ2n) is 4.37. The summed E-state index contributed by atoms with van der Waals surface area (Å²) in [5.41, 5.74) is 1.35. The molecule has 0 atom stereocenters. The molecule has 0 unspecified atom stereocenters. The lowest BCUT2D eigenvalue weighted by Crippen LogP contribution is -2.26. The van der Waals surface area contributed by atoms with Gasteiger partial charge in [0.15, 0.2) is 0 Å². The lowest BCUT2D eigenvalue weighted by molar-refractivity contribution is 0.281. The molecule has 0 aliphatic carbocycles. The van der Waals surface area contributed by atoms with Crippen molar-refractivity contribution in [2.75, 3.05) is 13.7 Å². The first kappa shape index (κ1) is 15.5. The number of aliphatic hydroxyl groups excluding tert-OH is 1. The fraction of sp³-hybridized carbons (Fsp3) is 0.308. The van der Waals surface area contributed by atoms with E-state index in [-0.39, 0.29) is 23.8 Å². The second kappa shape index (κ2) is 6.70. The van der Waals surface area contributed by atoms with E-state index in [0.29, 0.717) is 12.0 Å². The van der Waals surface area contributed by atoms with E-state index in [1.807, 2.05) is 0 Å². The van der Waals surface area contributed by atoms with Crippen LogP contribution in [0.2, 0.25) is 0 Å². The van der Waals surface area contributed by atoms with Gasteiger partial charge in [0.25, 0.3) is 0 Å². The van der Waals surface area contributed by atoms with Gasteiger partial charge in [-0.2, -0.15) is 0 Å². The zero-order valence-corrected chi connectivity index (χ0v) is 12.4. The summed E-state index contributed by atoms with van der Waals surface area (Å²) in [4.78, 5) is 6.78. The molecule has 2 aromatic rings. The smallest absolute Gasteiger partial charge is 0.244 e. The molecule has 0 saturated carbocycles. The van der Waals surface area contributed by atoms with Crippen molar-refractivity contribution >= 4 is 10.0 Å². The third-order valence-corrected chi connectivity index (χ3v) is 4.42. The molecule has 0 spiro atoms. The molecule has 0 amide bonds. The minimum Gasteiger partial charge on any atom is -0.495 e. The molecule has 3 N–H and O–H groups in total. The van der Waals surface area contributed by atoms with Crippen LogP contribution in [0.5, 0.6) is 5.75 Å². The number of H-pyrrole nitrogens is 1. The maximum absolute atomic E-state index is 12.3. The van der Waals surface area contributed by atoms with Crippen LogP contribution in [0.3, 0.4) is 0 Å². The third kappa shape index (κ3) is 3.81. The van der Waals surface area contributed by atoms with Gasteiger partial charge in [-0.1, -0.05) is 6.07 Å². The van der Waals surface area contributed by atoms with Gasteiger partial charge in [0.05, 0.1) is 20.0 Å². The molecule has 0 bridgehead atoms. The van der Waals surface area contributed by atoms with Gasteiger partial charge >= 0.3 is 0 Å². The van der Waals surface area contributed by atoms with Crippen LogP contribution in [-0.2, 0) is 23.1 Å². The second-order valence-corrected chi connectivity index (χ2v) is 6.10. The van der Waals surface area contributed by atoms with Crippen molar-refractivity contribution in [2.24, 2.45) is 0 Å². The highest BCUT2D eigenvalue weighted by atomic mass is 32.2. The third-order valence-electron chi connectivity index (χ3n) is 2.94. The van der Waals surface area contributed by atoms with E-state index in [4.69, 9.17) is 9.84 Å². The van der Waals surface area contributed by atoms with Gasteiger partial charge in [-0.15, -0.1) is 0 Å². The first-order chi connectivity index (χ1) is 10.1. The van der Waals surface area contributed by atoms with Gasteiger partial charge in [-0.25, -0.2) is 18.1 Å². The van der Waals surface area contributed by atoms with Gasteiger partial charge in [-0.05, 0) is 17.7 Å². The highest BCUT2D eigenvalue weighted by Gasteiger charge is 2.19. The van der Waals surface area contributed by atoms with Crippen molar-refractivity contribution in [2.45, 2.75) is 17.9 Å². The number of nitrogens with one attached hydrogen (secondary N) is 2. The highest BCUT2D eigenvalue weighted by molar-refractivity contribution is 7.89. The minimum atomic E-state index is -3.71. The van der Waals surface area contributed by atoms with E-state index in [0.717, 1.165) is 5.69 Å². The maximum atomic E-state index is 12.3. The summed E-state index contributed by atoms with van der Waals surface area (Å²) in [5, 5.41) is 9.13. The number of aromatic amines is 1. The average molecular weight is 311 g/mol. The van der Waals surface area contributed by atoms with Crippen molar-refractivity contribution < 1.29 is 18.3 Å². The molecule has 1 aromatic heterocycles. The molecule has 1 heterocycles. The summed E-state index contributed by atoms with van der Waals surface area (Å²) in [6.07, 6.45) is 3.68. The molecule has 0 radical (unpaired) electrons. The van der Waals surface area contributed by atoms with Crippen molar-refractivity contribution in [1.29, 1.82) is 0 Å². The van der Waals surface area contributed by atoms with Crippen molar-refractivity contribution in [3.63, 3.8) is 0 Å². The van der Waals surface area contributed by atoms with Gasteiger partial charge in [-0.3, -0.25) is 0 Å². The zero-order valence-electron chi connectivity index (χ0n) is 11.5. The standard InChI is InChI=1S/C13H17N3O4S/c1-20-12-3-2-10(8-17)6-13(12)21(18,19)16-5-4-11-7-14-9-15-11/h2-3,6-7,9,16-17H,4-5,8H2,1H3,(H,14,15). The van der Waals surface area contributed by atoms with Crippen LogP contribution >= 0.6 is 0 Å². The van der Waals surface area contributed by atoms with Gasteiger partial charge in [0.1, 0.15) is 10.6 Å². The average Bonchev–Trinajstić information content (AvgIpc) is 2.99. The number of benzene rings is 1. The summed E-state index contributed by atoms with van der Waals surface area (Å²) in [5.74, 6) is 0.237. The molecule has 0 saturated heterocycles. The summed E-state index contributed by atoms with van der Waals surface area (Å²) in [6.45, 7) is -0.00229. The van der Waals surface area contributed by atoms with Crippen LogP contribution < -0.4 is 9.46 Å². The normalized spacial score (nSPS) is 11.5. The Hall–Kier alpha value is -1.90. The summed E-state index contributed by atoms with van der Waals surface area (Å²) in [7, 11) is -2.31. The molecule has 1 aromatic carbocycles. The molecule has 2 rings (SSSR count). The minimum absolute atomic E-state index is 0.0150. The number of hydrogen-bond donors (Lipinski definition) is 3. The number of aliphatic hydroxyl groups is 1. The van der Waals surface area contributed by atoms with Crippen molar-refractivity contribution in [3.8, 4) is 5.75 Å². The number of nitrogens with zero attached hydrogens (tertiary/aromatic N) is 1. The summed E-state index contributed by atoms with van der Waals surface area (Å²) in [6, 6.07) is 4.54. The number of hydrogen-bond acceptors (Lipinski definition) is 5. The molecule has 8 heteroatoms. The molecule has 21 heavy (non-hydrogen) atoms. The molecule has 0 aliphatic rings. The fourth-order valence-corrected chi connectivity index (χ4v) is 3.10. The maximum Gasteiger partial charge on any atom is 0.244 e. The largest absolute Gasteiger partial charge is 0.495 e. The Morgan fingerprint density at radius 3 is 2.86 bits per heavy atom. The van der Waals surface area contributed by atoms with Crippen LogP contribution in [0, 0.1) is 0 Å². The Balaban J connectivity index is 2.14. The van der Waals surface area contributed by atoms with Gasteiger partial charge in [0, 0.05) is 24.9 Å². The number of ether oxygens (including phenoxy) is 1. The Kier molecular flexibility index (Phi) is 4.94. The topological polar surface area (TPSA) is 104 Å². The van der Waals surface area contributed by atoms with E-state index in [2.05, 4.69) is 14.7 Å². The van der Waals surface area contributed by atoms with E-state index < -0.39 is 10.0 Å². The van der Waals surface area contributed by atoms with Crippen LogP contribution in [-0.4, -0.2) is 37.1 Å². The number of imidazole rings is 1. The van der Waals surface area contributed by atoms with Gasteiger partial charge < -0.3 is 14.8 Å². The highest BCUT2D eigenvalue weighted by Crippen LogP contribution is 2.24. The van der Waals surface area contributed by atoms with Crippen LogP contribution in [0.15, 0.2) is 35.6 Å². The van der Waals surface area contributed by atoms with Crippen LogP contribution in [0.25, 0.3) is 0 Å². The fourth-order valence-electron chi connectivity index (χ4n) is 1.85. The van der Waals surface area contributed by atoms with E-state index >= 15 is 0 Å². The van der Waals surface area contributed by atoms with Crippen LogP contribution in [0.1, 0.15) is 11.3 Å². The number of aromatic nitrogens is 2. The first-order valence-electron chi connectivity index (χ1n) is 6.31. The number of methoxy groups -OCH3 is 1. The first-order valence-corrected chi connectivity index (χ1v) is 7.80. The zero-order chi connectivity index (χ0) is 15.3. The SMILES string of the molecule is COc1ccc(CO)cc1S(=O)(=O)NCCc1cnc[nH]1.